The third-order valence-electron chi connectivity index (χ3n) is 2.25. The van der Waals surface area contributed by atoms with E-state index in [4.69, 9.17) is 17.3 Å². The van der Waals surface area contributed by atoms with Crippen molar-refractivity contribution in [2.75, 3.05) is 24.7 Å². The van der Waals surface area contributed by atoms with Gasteiger partial charge in [0.15, 0.2) is 0 Å². The highest BCUT2D eigenvalue weighted by Crippen LogP contribution is 2.23. The van der Waals surface area contributed by atoms with Crippen molar-refractivity contribution in [3.8, 4) is 11.3 Å². The SMILES string of the molecule is CN(C)c1nc(N)cc(-c2cccc(Cl)c2)n1. The molecule has 0 aliphatic heterocycles. The van der Waals surface area contributed by atoms with Gasteiger partial charge in [-0.2, -0.15) is 4.98 Å². The predicted molar refractivity (Wildman–Crippen MR) is 71.2 cm³/mol. The second-order valence-electron chi connectivity index (χ2n) is 3.88. The van der Waals surface area contributed by atoms with Crippen molar-refractivity contribution in [1.29, 1.82) is 0 Å². The van der Waals surface area contributed by atoms with Crippen molar-refractivity contribution < 1.29 is 0 Å². The van der Waals surface area contributed by atoms with Gasteiger partial charge >= 0.3 is 0 Å². The van der Waals surface area contributed by atoms with E-state index in [0.717, 1.165) is 11.3 Å². The summed E-state index contributed by atoms with van der Waals surface area (Å²) in [6, 6.07) is 9.22. The fourth-order valence-electron chi connectivity index (χ4n) is 1.45. The lowest BCUT2D eigenvalue weighted by Crippen LogP contribution is -2.13. The number of hydrogen-bond donors (Lipinski definition) is 1. The summed E-state index contributed by atoms with van der Waals surface area (Å²) in [5, 5.41) is 0.672. The molecule has 2 rings (SSSR count). The molecule has 88 valence electrons. The molecule has 0 aliphatic rings. The van der Waals surface area contributed by atoms with Crippen molar-refractivity contribution in [3.63, 3.8) is 0 Å². The lowest BCUT2D eigenvalue weighted by atomic mass is 10.1. The second-order valence-corrected chi connectivity index (χ2v) is 4.32. The molecule has 0 radical (unpaired) electrons. The van der Waals surface area contributed by atoms with Crippen LogP contribution in [-0.4, -0.2) is 24.1 Å². The highest BCUT2D eigenvalue weighted by atomic mass is 35.5. The molecule has 2 aromatic rings. The number of aromatic nitrogens is 2. The quantitative estimate of drug-likeness (QED) is 0.887. The zero-order valence-electron chi connectivity index (χ0n) is 9.68. The Bertz CT molecular complexity index is 540. The Morgan fingerprint density at radius 2 is 1.94 bits per heavy atom. The van der Waals surface area contributed by atoms with Crippen molar-refractivity contribution in [2.24, 2.45) is 0 Å². The van der Waals surface area contributed by atoms with Gasteiger partial charge in [-0.25, -0.2) is 4.98 Å². The molecule has 0 spiro atoms. The molecule has 17 heavy (non-hydrogen) atoms. The number of rotatable bonds is 2. The highest BCUT2D eigenvalue weighted by molar-refractivity contribution is 6.30. The molecule has 2 N–H and O–H groups in total. The molecule has 0 saturated carbocycles. The standard InChI is InChI=1S/C12H13ClN4/c1-17(2)12-15-10(7-11(14)16-12)8-4-3-5-9(13)6-8/h3-7H,1-2H3,(H2,14,15,16). The number of nitrogens with zero attached hydrogens (tertiary/aromatic N) is 3. The van der Waals surface area contributed by atoms with Crippen molar-refractivity contribution >= 4 is 23.4 Å². The van der Waals surface area contributed by atoms with Crippen LogP contribution in [0, 0.1) is 0 Å². The average molecular weight is 249 g/mol. The largest absolute Gasteiger partial charge is 0.384 e. The van der Waals surface area contributed by atoms with Crippen LogP contribution in [-0.2, 0) is 0 Å². The minimum Gasteiger partial charge on any atom is -0.384 e. The van der Waals surface area contributed by atoms with Gasteiger partial charge in [-0.3, -0.25) is 0 Å². The van der Waals surface area contributed by atoms with E-state index in [9.17, 15) is 0 Å². The van der Waals surface area contributed by atoms with Crippen LogP contribution in [0.3, 0.4) is 0 Å². The number of hydrogen-bond acceptors (Lipinski definition) is 4. The molecule has 0 atom stereocenters. The minimum atomic E-state index is 0.443. The van der Waals surface area contributed by atoms with E-state index in [0.29, 0.717) is 16.8 Å². The van der Waals surface area contributed by atoms with Crippen LogP contribution in [0.15, 0.2) is 30.3 Å². The summed E-state index contributed by atoms with van der Waals surface area (Å²) in [6.45, 7) is 0. The number of nitrogens with two attached hydrogens (primary N) is 1. The first-order chi connectivity index (χ1) is 8.06. The van der Waals surface area contributed by atoms with Crippen molar-refractivity contribution in [3.05, 3.63) is 35.4 Å². The first-order valence-corrected chi connectivity index (χ1v) is 5.52. The van der Waals surface area contributed by atoms with Crippen LogP contribution >= 0.6 is 11.6 Å². The predicted octanol–water partition coefficient (Wildman–Crippen LogP) is 2.45. The maximum atomic E-state index is 5.95. The van der Waals surface area contributed by atoms with Crippen molar-refractivity contribution in [2.45, 2.75) is 0 Å². The summed E-state index contributed by atoms with van der Waals surface area (Å²) >= 11 is 5.95. The zero-order chi connectivity index (χ0) is 12.4. The van der Waals surface area contributed by atoms with Crippen LogP contribution in [0.4, 0.5) is 11.8 Å². The summed E-state index contributed by atoms with van der Waals surface area (Å²) in [4.78, 5) is 10.4. The third kappa shape index (κ3) is 2.65. The van der Waals surface area contributed by atoms with E-state index >= 15 is 0 Å². The zero-order valence-corrected chi connectivity index (χ0v) is 10.4. The smallest absolute Gasteiger partial charge is 0.227 e. The fourth-order valence-corrected chi connectivity index (χ4v) is 1.64. The maximum Gasteiger partial charge on any atom is 0.227 e. The molecular formula is C12H13ClN4. The molecule has 1 aromatic heterocycles. The summed E-state index contributed by atoms with van der Waals surface area (Å²) < 4.78 is 0. The van der Waals surface area contributed by atoms with Crippen molar-refractivity contribution in [1.82, 2.24) is 9.97 Å². The summed E-state index contributed by atoms with van der Waals surface area (Å²) in [6.07, 6.45) is 0. The van der Waals surface area contributed by atoms with Gasteiger partial charge in [-0.05, 0) is 12.1 Å². The summed E-state index contributed by atoms with van der Waals surface area (Å²) in [5.74, 6) is 1.03. The molecule has 0 unspecified atom stereocenters. The molecule has 5 heteroatoms. The lowest BCUT2D eigenvalue weighted by Gasteiger charge is -2.12. The molecule has 0 saturated heterocycles. The van der Waals surface area contributed by atoms with Gasteiger partial charge in [0.1, 0.15) is 5.82 Å². The average Bonchev–Trinajstić information content (AvgIpc) is 2.28. The first kappa shape index (κ1) is 11.7. The number of nitrogen functional groups attached to an aromatic ring is 1. The lowest BCUT2D eigenvalue weighted by molar-refractivity contribution is 1.01. The van der Waals surface area contributed by atoms with Gasteiger partial charge < -0.3 is 10.6 Å². The van der Waals surface area contributed by atoms with Crippen LogP contribution in [0.2, 0.25) is 5.02 Å². The monoisotopic (exact) mass is 248 g/mol. The van der Waals surface area contributed by atoms with E-state index in [1.165, 1.54) is 0 Å². The Labute approximate surface area is 105 Å². The topological polar surface area (TPSA) is 55.0 Å². The van der Waals surface area contributed by atoms with Gasteiger partial charge in [-0.1, -0.05) is 23.7 Å². The minimum absolute atomic E-state index is 0.443. The molecule has 0 bridgehead atoms. The molecule has 1 aromatic carbocycles. The van der Waals surface area contributed by atoms with E-state index in [1.54, 1.807) is 6.07 Å². The Hall–Kier alpha value is -1.81. The van der Waals surface area contributed by atoms with Crippen LogP contribution in [0.25, 0.3) is 11.3 Å². The number of halogens is 1. The van der Waals surface area contributed by atoms with Gasteiger partial charge in [0, 0.05) is 30.7 Å². The highest BCUT2D eigenvalue weighted by Gasteiger charge is 2.06. The van der Waals surface area contributed by atoms with E-state index < -0.39 is 0 Å². The fraction of sp³-hybridized carbons (Fsp3) is 0.167. The van der Waals surface area contributed by atoms with Gasteiger partial charge in [-0.15, -0.1) is 0 Å². The Morgan fingerprint density at radius 1 is 1.18 bits per heavy atom. The summed E-state index contributed by atoms with van der Waals surface area (Å²) in [7, 11) is 3.74. The van der Waals surface area contributed by atoms with E-state index in [2.05, 4.69) is 9.97 Å². The molecule has 4 nitrogen and oxygen atoms in total. The van der Waals surface area contributed by atoms with Crippen LogP contribution in [0.5, 0.6) is 0 Å². The Balaban J connectivity index is 2.52. The Morgan fingerprint density at radius 3 is 2.59 bits per heavy atom. The van der Waals surface area contributed by atoms with E-state index in [1.807, 2.05) is 43.3 Å². The molecule has 1 heterocycles. The van der Waals surface area contributed by atoms with Gasteiger partial charge in [0.25, 0.3) is 0 Å². The molecular weight excluding hydrogens is 236 g/mol. The van der Waals surface area contributed by atoms with Crippen LogP contribution < -0.4 is 10.6 Å². The number of benzene rings is 1. The first-order valence-electron chi connectivity index (χ1n) is 5.14. The van der Waals surface area contributed by atoms with Gasteiger partial charge in [0.05, 0.1) is 5.69 Å². The molecule has 0 amide bonds. The Kier molecular flexibility index (Phi) is 3.15. The van der Waals surface area contributed by atoms with Gasteiger partial charge in [0.2, 0.25) is 5.95 Å². The maximum absolute atomic E-state index is 5.95. The molecule has 0 fully saturated rings. The normalized spacial score (nSPS) is 10.3. The molecule has 0 aliphatic carbocycles. The second kappa shape index (κ2) is 4.59. The third-order valence-corrected chi connectivity index (χ3v) is 2.49. The number of anilines is 2. The van der Waals surface area contributed by atoms with Crippen LogP contribution in [0.1, 0.15) is 0 Å². The summed E-state index contributed by atoms with van der Waals surface area (Å²) in [5.41, 5.74) is 7.45. The van der Waals surface area contributed by atoms with E-state index in [-0.39, 0.29) is 0 Å².